The number of hydrogen-bond acceptors (Lipinski definition) is 3. The molecule has 6 nitrogen and oxygen atoms in total. The van der Waals surface area contributed by atoms with Crippen LogP contribution in [-0.2, 0) is 17.2 Å². The molecule has 2 heterocycles. The quantitative estimate of drug-likeness (QED) is 0.613. The zero-order valence-corrected chi connectivity index (χ0v) is 18.0. The highest BCUT2D eigenvalue weighted by Crippen LogP contribution is 2.41. The van der Waals surface area contributed by atoms with Crippen LogP contribution < -0.4 is 5.32 Å². The second-order valence-electron chi connectivity index (χ2n) is 8.15. The number of aliphatic imine (C=N–C) groups is 1. The van der Waals surface area contributed by atoms with Crippen LogP contribution in [0.25, 0.3) is 0 Å². The van der Waals surface area contributed by atoms with Gasteiger partial charge in [-0.1, -0.05) is 36.6 Å². The summed E-state index contributed by atoms with van der Waals surface area (Å²) in [5, 5.41) is 8.77. The first-order valence-electron chi connectivity index (χ1n) is 10.4. The van der Waals surface area contributed by atoms with Crippen molar-refractivity contribution in [3.8, 4) is 0 Å². The summed E-state index contributed by atoms with van der Waals surface area (Å²) in [6.45, 7) is 3.16. The molecule has 1 atom stereocenters. The van der Waals surface area contributed by atoms with Crippen LogP contribution in [0.4, 0.5) is 0 Å². The fourth-order valence-electron chi connectivity index (χ4n) is 4.67. The minimum Gasteiger partial charge on any atom is -0.370 e. The van der Waals surface area contributed by atoms with Crippen LogP contribution in [0.3, 0.4) is 0 Å². The Morgan fingerprint density at radius 2 is 2.21 bits per heavy atom. The van der Waals surface area contributed by atoms with Gasteiger partial charge in [0.1, 0.15) is 6.10 Å². The Morgan fingerprint density at radius 3 is 2.90 bits per heavy atom. The zero-order chi connectivity index (χ0) is 20.3. The lowest BCUT2D eigenvalue weighted by Crippen LogP contribution is -2.51. The van der Waals surface area contributed by atoms with Crippen molar-refractivity contribution in [2.45, 2.75) is 37.2 Å². The number of nitrogens with one attached hydrogen (secondary N) is 1. The molecule has 2 aliphatic rings. The van der Waals surface area contributed by atoms with Crippen molar-refractivity contribution < 1.29 is 4.74 Å². The standard InChI is InChI=1S/C22H30ClN5O/c1-24-21(28-10-11-29-20(15-28)17-13-26-27(2)14-17)25-16-22(8-3-4-9-22)18-6-5-7-19(23)12-18/h5-7,12-14,20H,3-4,8-11,15-16H2,1-2H3,(H,24,25). The second-order valence-corrected chi connectivity index (χ2v) is 8.59. The molecule has 1 aromatic carbocycles. The number of morpholine rings is 1. The maximum atomic E-state index is 6.30. The summed E-state index contributed by atoms with van der Waals surface area (Å²) in [7, 11) is 3.79. The molecule has 7 heteroatoms. The van der Waals surface area contributed by atoms with Crippen LogP contribution in [0.2, 0.25) is 5.02 Å². The third kappa shape index (κ3) is 4.43. The number of hydrogen-bond donors (Lipinski definition) is 1. The van der Waals surface area contributed by atoms with Crippen LogP contribution in [-0.4, -0.2) is 53.9 Å². The van der Waals surface area contributed by atoms with Crippen LogP contribution in [0.1, 0.15) is 42.9 Å². The van der Waals surface area contributed by atoms with E-state index in [1.165, 1.54) is 31.2 Å². The number of nitrogens with zero attached hydrogens (tertiary/aromatic N) is 4. The van der Waals surface area contributed by atoms with Crippen molar-refractivity contribution in [3.63, 3.8) is 0 Å². The molecule has 2 aromatic rings. The normalized spacial score (nSPS) is 22.1. The number of ether oxygens (including phenoxy) is 1. The fraction of sp³-hybridized carbons (Fsp3) is 0.545. The fourth-order valence-corrected chi connectivity index (χ4v) is 4.86. The first-order valence-corrected chi connectivity index (χ1v) is 10.8. The summed E-state index contributed by atoms with van der Waals surface area (Å²) < 4.78 is 7.81. The van der Waals surface area contributed by atoms with Gasteiger partial charge in [-0.15, -0.1) is 0 Å². The molecule has 1 unspecified atom stereocenters. The Morgan fingerprint density at radius 1 is 1.38 bits per heavy atom. The van der Waals surface area contributed by atoms with Crippen LogP contribution in [0, 0.1) is 0 Å². The highest BCUT2D eigenvalue weighted by Gasteiger charge is 2.36. The monoisotopic (exact) mass is 415 g/mol. The van der Waals surface area contributed by atoms with E-state index in [4.69, 9.17) is 16.3 Å². The minimum absolute atomic E-state index is 0.0179. The number of benzene rings is 1. The molecule has 0 spiro atoms. The maximum absolute atomic E-state index is 6.30. The molecule has 1 saturated carbocycles. The lowest BCUT2D eigenvalue weighted by atomic mass is 9.79. The zero-order valence-electron chi connectivity index (χ0n) is 17.3. The molecule has 1 aliphatic carbocycles. The molecule has 0 radical (unpaired) electrons. The van der Waals surface area contributed by atoms with Gasteiger partial charge in [-0.2, -0.15) is 5.10 Å². The lowest BCUT2D eigenvalue weighted by molar-refractivity contribution is -0.00811. The Bertz CT molecular complexity index is 858. The Kier molecular flexibility index (Phi) is 6.11. The molecule has 29 heavy (non-hydrogen) atoms. The van der Waals surface area contributed by atoms with E-state index in [1.54, 1.807) is 0 Å². The SMILES string of the molecule is CN=C(NCC1(c2cccc(Cl)c2)CCCC1)N1CCOC(c2cnn(C)c2)C1. The van der Waals surface area contributed by atoms with Gasteiger partial charge >= 0.3 is 0 Å². The van der Waals surface area contributed by atoms with Gasteiger partial charge < -0.3 is 15.0 Å². The smallest absolute Gasteiger partial charge is 0.193 e. The first-order chi connectivity index (χ1) is 14.1. The highest BCUT2D eigenvalue weighted by atomic mass is 35.5. The molecule has 0 amide bonds. The van der Waals surface area contributed by atoms with Crippen molar-refractivity contribution in [1.82, 2.24) is 20.0 Å². The highest BCUT2D eigenvalue weighted by molar-refractivity contribution is 6.30. The molecule has 1 saturated heterocycles. The van der Waals surface area contributed by atoms with E-state index in [9.17, 15) is 0 Å². The van der Waals surface area contributed by atoms with Gasteiger partial charge in [-0.3, -0.25) is 9.67 Å². The number of aryl methyl sites for hydroxylation is 1. The van der Waals surface area contributed by atoms with Crippen LogP contribution in [0.15, 0.2) is 41.7 Å². The molecule has 0 bridgehead atoms. The van der Waals surface area contributed by atoms with Crippen LogP contribution >= 0.6 is 11.6 Å². The third-order valence-electron chi connectivity index (χ3n) is 6.26. The molecule has 156 valence electrons. The van der Waals surface area contributed by atoms with Gasteiger partial charge in [-0.05, 0) is 30.5 Å². The Hall–Kier alpha value is -2.05. The predicted molar refractivity (Wildman–Crippen MR) is 116 cm³/mol. The van der Waals surface area contributed by atoms with Gasteiger partial charge in [0.2, 0.25) is 0 Å². The number of guanidine groups is 1. The second kappa shape index (κ2) is 8.76. The molecule has 1 N–H and O–H groups in total. The lowest BCUT2D eigenvalue weighted by Gasteiger charge is -2.37. The topological polar surface area (TPSA) is 54.7 Å². The van der Waals surface area contributed by atoms with E-state index >= 15 is 0 Å². The Labute approximate surface area is 177 Å². The maximum Gasteiger partial charge on any atom is 0.193 e. The van der Waals surface area contributed by atoms with Gasteiger partial charge in [0.05, 0.1) is 19.3 Å². The van der Waals surface area contributed by atoms with Crippen LogP contribution in [0.5, 0.6) is 0 Å². The summed E-state index contributed by atoms with van der Waals surface area (Å²) in [5.74, 6) is 0.940. The van der Waals surface area contributed by atoms with Gasteiger partial charge in [-0.25, -0.2) is 0 Å². The minimum atomic E-state index is 0.0179. The first kappa shape index (κ1) is 20.2. The number of aromatic nitrogens is 2. The molecular weight excluding hydrogens is 386 g/mol. The van der Waals surface area contributed by atoms with Crippen molar-refractivity contribution in [1.29, 1.82) is 0 Å². The summed E-state index contributed by atoms with van der Waals surface area (Å²) in [4.78, 5) is 6.87. The van der Waals surface area contributed by atoms with Gasteiger partial charge in [0.25, 0.3) is 0 Å². The largest absolute Gasteiger partial charge is 0.370 e. The third-order valence-corrected chi connectivity index (χ3v) is 6.49. The summed E-state index contributed by atoms with van der Waals surface area (Å²) in [6, 6.07) is 8.36. The predicted octanol–water partition coefficient (Wildman–Crippen LogP) is 3.53. The van der Waals surface area contributed by atoms with E-state index in [1.807, 2.05) is 37.2 Å². The van der Waals surface area contributed by atoms with E-state index < -0.39 is 0 Å². The van der Waals surface area contributed by atoms with E-state index in [2.05, 4.69) is 38.5 Å². The average Bonchev–Trinajstić information content (AvgIpc) is 3.39. The molecule has 2 fully saturated rings. The summed E-state index contributed by atoms with van der Waals surface area (Å²) >= 11 is 6.30. The summed E-state index contributed by atoms with van der Waals surface area (Å²) in [6.07, 6.45) is 8.80. The molecule has 1 aromatic heterocycles. The number of halogens is 1. The van der Waals surface area contributed by atoms with E-state index in [-0.39, 0.29) is 11.5 Å². The van der Waals surface area contributed by atoms with E-state index in [0.29, 0.717) is 6.61 Å². The van der Waals surface area contributed by atoms with Gasteiger partial charge in [0.15, 0.2) is 5.96 Å². The molecule has 1 aliphatic heterocycles. The number of rotatable bonds is 4. The molecular formula is C22H30ClN5O. The molecule has 4 rings (SSSR count). The summed E-state index contributed by atoms with van der Waals surface area (Å²) in [5.41, 5.74) is 2.56. The van der Waals surface area contributed by atoms with Crippen molar-refractivity contribution in [3.05, 3.63) is 52.8 Å². The van der Waals surface area contributed by atoms with E-state index in [0.717, 1.165) is 36.2 Å². The van der Waals surface area contributed by atoms with Crippen molar-refractivity contribution in [2.24, 2.45) is 12.0 Å². The van der Waals surface area contributed by atoms with Crippen molar-refractivity contribution >= 4 is 17.6 Å². The van der Waals surface area contributed by atoms with Crippen molar-refractivity contribution in [2.75, 3.05) is 33.3 Å². The van der Waals surface area contributed by atoms with Gasteiger partial charge in [0, 0.05) is 49.4 Å². The average molecular weight is 416 g/mol. The Balaban J connectivity index is 1.45.